The van der Waals surface area contributed by atoms with Crippen LogP contribution in [0.3, 0.4) is 0 Å². The first-order chi connectivity index (χ1) is 7.04. The third-order valence-corrected chi connectivity index (χ3v) is 2.75. The fraction of sp³-hybridized carbons (Fsp3) is 0.600. The molecule has 0 aliphatic carbocycles. The van der Waals surface area contributed by atoms with Gasteiger partial charge in [-0.15, -0.1) is 0 Å². The highest BCUT2D eigenvalue weighted by molar-refractivity contribution is 5.92. The molecule has 0 spiro atoms. The predicted octanol–water partition coefficient (Wildman–Crippen LogP) is 0.580. The molecule has 0 unspecified atom stereocenters. The van der Waals surface area contributed by atoms with Crippen LogP contribution in [0.15, 0.2) is 10.6 Å². The lowest BCUT2D eigenvalue weighted by Crippen LogP contribution is -2.63. The van der Waals surface area contributed by atoms with Crippen molar-refractivity contribution < 1.29 is 14.4 Å². The average Bonchev–Trinajstić information content (AvgIpc) is 2.59. The molecule has 5 nitrogen and oxygen atoms in total. The van der Waals surface area contributed by atoms with Crippen molar-refractivity contribution in [1.29, 1.82) is 0 Å². The van der Waals surface area contributed by atoms with Gasteiger partial charge in [-0.3, -0.25) is 4.79 Å². The van der Waals surface area contributed by atoms with Crippen LogP contribution in [0.2, 0.25) is 0 Å². The molecule has 0 radical (unpaired) electrons. The maximum Gasteiger partial charge on any atom is 0.292 e. The summed E-state index contributed by atoms with van der Waals surface area (Å²) < 4.78 is 4.86. The van der Waals surface area contributed by atoms with Gasteiger partial charge in [0.05, 0.1) is 24.4 Å². The van der Waals surface area contributed by atoms with Crippen molar-refractivity contribution in [3.05, 3.63) is 17.5 Å². The molecule has 2 heterocycles. The maximum atomic E-state index is 11.7. The van der Waals surface area contributed by atoms with Crippen molar-refractivity contribution >= 4 is 5.91 Å². The van der Waals surface area contributed by atoms with E-state index < -0.39 is 5.60 Å². The highest BCUT2D eigenvalue weighted by Gasteiger charge is 2.43. The summed E-state index contributed by atoms with van der Waals surface area (Å²) in [4.78, 5) is 13.3. The Morgan fingerprint density at radius 1 is 1.73 bits per heavy atom. The van der Waals surface area contributed by atoms with Crippen molar-refractivity contribution in [3.8, 4) is 0 Å². The first-order valence-electron chi connectivity index (χ1n) is 4.99. The minimum atomic E-state index is -0.704. The number of hydrogen-bond acceptors (Lipinski definition) is 4. The first-order valence-corrected chi connectivity index (χ1v) is 4.99. The highest BCUT2D eigenvalue weighted by Crippen LogP contribution is 2.25. The summed E-state index contributed by atoms with van der Waals surface area (Å²) in [7, 11) is 0. The van der Waals surface area contributed by atoms with Gasteiger partial charge in [0.2, 0.25) is 5.76 Å². The van der Waals surface area contributed by atoms with Crippen molar-refractivity contribution in [2.45, 2.75) is 25.9 Å². The van der Waals surface area contributed by atoms with Gasteiger partial charge in [0.15, 0.2) is 0 Å². The number of aromatic nitrogens is 1. The molecule has 0 atom stereocenters. The minimum absolute atomic E-state index is 0.200. The van der Waals surface area contributed by atoms with Gasteiger partial charge in [0.1, 0.15) is 0 Å². The number of β-amino-alcohol motifs (C(OH)–C–C–N with tert-alkyl or cyclic N) is 1. The van der Waals surface area contributed by atoms with Crippen LogP contribution in [0.25, 0.3) is 0 Å². The van der Waals surface area contributed by atoms with Crippen LogP contribution in [-0.4, -0.2) is 39.8 Å². The first kappa shape index (κ1) is 10.2. The van der Waals surface area contributed by atoms with Gasteiger partial charge >= 0.3 is 0 Å². The molecular weight excluding hydrogens is 196 g/mol. The van der Waals surface area contributed by atoms with Gasteiger partial charge in [0, 0.05) is 6.07 Å². The van der Waals surface area contributed by atoms with Crippen molar-refractivity contribution in [3.63, 3.8) is 0 Å². The van der Waals surface area contributed by atoms with Crippen molar-refractivity contribution in [2.75, 3.05) is 13.1 Å². The number of carbonyl (C=O) groups excluding carboxylic acids is 1. The zero-order valence-electron chi connectivity index (χ0n) is 8.86. The normalized spacial score (nSPS) is 18.7. The molecule has 2 rings (SSSR count). The third kappa shape index (κ3) is 1.74. The molecule has 1 amide bonds. The smallest absolute Gasteiger partial charge is 0.292 e. The second-order valence-corrected chi connectivity index (χ2v) is 4.07. The van der Waals surface area contributed by atoms with E-state index in [2.05, 4.69) is 5.16 Å². The lowest BCUT2D eigenvalue weighted by molar-refractivity contribution is -0.0836. The number of hydrogen-bond donors (Lipinski definition) is 1. The van der Waals surface area contributed by atoms with E-state index in [4.69, 9.17) is 4.52 Å². The molecule has 1 aliphatic heterocycles. The molecular formula is C10H14N2O3. The van der Waals surface area contributed by atoms with Crippen LogP contribution in [-0.2, 0) is 0 Å². The number of carbonyl (C=O) groups is 1. The number of likely N-dealkylation sites (tertiary alicyclic amines) is 1. The molecule has 15 heavy (non-hydrogen) atoms. The van der Waals surface area contributed by atoms with Gasteiger partial charge in [0.25, 0.3) is 5.91 Å². The molecule has 1 fully saturated rings. The van der Waals surface area contributed by atoms with E-state index >= 15 is 0 Å². The van der Waals surface area contributed by atoms with Crippen LogP contribution in [0.5, 0.6) is 0 Å². The highest BCUT2D eigenvalue weighted by atomic mass is 16.5. The average molecular weight is 210 g/mol. The Morgan fingerprint density at radius 3 is 2.87 bits per heavy atom. The summed E-state index contributed by atoms with van der Waals surface area (Å²) in [5.41, 5.74) is -0.0188. The topological polar surface area (TPSA) is 66.6 Å². The lowest BCUT2D eigenvalue weighted by Gasteiger charge is -2.45. The fourth-order valence-corrected chi connectivity index (χ4v) is 1.65. The van der Waals surface area contributed by atoms with E-state index in [0.717, 1.165) is 0 Å². The molecule has 0 saturated carbocycles. The Labute approximate surface area is 87.7 Å². The van der Waals surface area contributed by atoms with E-state index in [1.165, 1.54) is 0 Å². The number of amides is 1. The Hall–Kier alpha value is -1.36. The molecule has 0 bridgehead atoms. The second kappa shape index (κ2) is 3.34. The monoisotopic (exact) mass is 210 g/mol. The predicted molar refractivity (Wildman–Crippen MR) is 52.4 cm³/mol. The van der Waals surface area contributed by atoms with E-state index in [-0.39, 0.29) is 11.7 Å². The molecule has 1 aromatic rings. The Kier molecular flexibility index (Phi) is 2.26. The molecule has 5 heteroatoms. The summed E-state index contributed by atoms with van der Waals surface area (Å²) >= 11 is 0. The summed E-state index contributed by atoms with van der Waals surface area (Å²) in [6, 6.07) is 1.60. The van der Waals surface area contributed by atoms with Gasteiger partial charge in [-0.05, 0) is 13.3 Å². The van der Waals surface area contributed by atoms with E-state index in [1.807, 2.05) is 6.92 Å². The number of aryl methyl sites for hydroxylation is 1. The van der Waals surface area contributed by atoms with Crippen LogP contribution in [0.4, 0.5) is 0 Å². The second-order valence-electron chi connectivity index (χ2n) is 4.07. The lowest BCUT2D eigenvalue weighted by atomic mass is 9.91. The zero-order chi connectivity index (χ0) is 11.1. The van der Waals surface area contributed by atoms with Gasteiger partial charge in [-0.2, -0.15) is 0 Å². The molecule has 1 saturated heterocycles. The number of aliphatic hydroxyl groups is 1. The summed E-state index contributed by atoms with van der Waals surface area (Å²) in [5.74, 6) is 0.0411. The molecule has 1 aliphatic rings. The van der Waals surface area contributed by atoms with Crippen molar-refractivity contribution in [2.24, 2.45) is 0 Å². The molecule has 82 valence electrons. The maximum absolute atomic E-state index is 11.7. The standard InChI is InChI=1S/C10H14N2O3/c1-3-10(14)5-12(6-10)9(13)8-4-7(2)11-15-8/h4,14H,3,5-6H2,1-2H3. The molecule has 1 aromatic heterocycles. The van der Waals surface area contributed by atoms with Crippen molar-refractivity contribution in [1.82, 2.24) is 10.1 Å². The Bertz CT molecular complexity index is 380. The zero-order valence-corrected chi connectivity index (χ0v) is 8.86. The minimum Gasteiger partial charge on any atom is -0.386 e. The van der Waals surface area contributed by atoms with Gasteiger partial charge in [-0.25, -0.2) is 0 Å². The van der Waals surface area contributed by atoms with Crippen LogP contribution in [0.1, 0.15) is 29.6 Å². The summed E-state index contributed by atoms with van der Waals surface area (Å²) in [6.07, 6.45) is 0.659. The third-order valence-electron chi connectivity index (χ3n) is 2.75. The summed E-state index contributed by atoms with van der Waals surface area (Å²) in [6.45, 7) is 4.42. The van der Waals surface area contributed by atoms with Gasteiger partial charge in [-0.1, -0.05) is 12.1 Å². The van der Waals surface area contributed by atoms with E-state index in [0.29, 0.717) is 25.2 Å². The van der Waals surface area contributed by atoms with E-state index in [9.17, 15) is 9.90 Å². The largest absolute Gasteiger partial charge is 0.386 e. The number of rotatable bonds is 2. The SMILES string of the molecule is CCC1(O)CN(C(=O)c2cc(C)no2)C1. The molecule has 0 aromatic carbocycles. The Balaban J connectivity index is 2.00. The molecule has 1 N–H and O–H groups in total. The van der Waals surface area contributed by atoms with Crippen LogP contribution < -0.4 is 0 Å². The van der Waals surface area contributed by atoms with E-state index in [1.54, 1.807) is 17.9 Å². The van der Waals surface area contributed by atoms with Crippen LogP contribution >= 0.6 is 0 Å². The van der Waals surface area contributed by atoms with Gasteiger partial charge < -0.3 is 14.5 Å². The summed E-state index contributed by atoms with van der Waals surface area (Å²) in [5, 5.41) is 13.4. The Morgan fingerprint density at radius 2 is 2.40 bits per heavy atom. The quantitative estimate of drug-likeness (QED) is 0.775. The number of nitrogens with zero attached hydrogens (tertiary/aromatic N) is 2. The van der Waals surface area contributed by atoms with Crippen LogP contribution in [0, 0.1) is 6.92 Å². The fourth-order valence-electron chi connectivity index (χ4n) is 1.65.